The molecule has 14 heavy (non-hydrogen) atoms. The molecule has 0 atom stereocenters. The maximum Gasteiger partial charge on any atom is 0.246 e. The third-order valence-corrected chi connectivity index (χ3v) is 3.03. The molecule has 0 radical (unpaired) electrons. The number of hydrogen-bond donors (Lipinski definition) is 0. The van der Waals surface area contributed by atoms with Gasteiger partial charge < -0.3 is 4.90 Å². The number of hydrogen-bond acceptors (Lipinski definition) is 1. The molecule has 2 heteroatoms. The van der Waals surface area contributed by atoms with Crippen LogP contribution >= 0.6 is 0 Å². The van der Waals surface area contributed by atoms with Crippen LogP contribution in [0.1, 0.15) is 45.4 Å². The largest absolute Gasteiger partial charge is 0.339 e. The van der Waals surface area contributed by atoms with Gasteiger partial charge in [0.05, 0.1) is 0 Å². The normalized spacial score (nSPS) is 19.6. The van der Waals surface area contributed by atoms with Gasteiger partial charge in [-0.05, 0) is 25.8 Å². The van der Waals surface area contributed by atoms with Gasteiger partial charge in [0.1, 0.15) is 0 Å². The Hall–Kier alpha value is -0.790. The Morgan fingerprint density at radius 2 is 1.79 bits per heavy atom. The number of carbonyl (C=O) groups is 1. The standard InChI is InChI=1S/C12H21NO/c1-3-8-12(14)13(2)11-9-6-4-5-7-10-11/h3,8,11H,4-7,9-10H2,1-2H3/b8-3+. The first-order valence-corrected chi connectivity index (χ1v) is 5.65. The zero-order valence-corrected chi connectivity index (χ0v) is 9.33. The first-order chi connectivity index (χ1) is 6.75. The summed E-state index contributed by atoms with van der Waals surface area (Å²) >= 11 is 0. The van der Waals surface area contributed by atoms with E-state index in [4.69, 9.17) is 0 Å². The number of amides is 1. The van der Waals surface area contributed by atoms with Crippen molar-refractivity contribution < 1.29 is 4.79 Å². The lowest BCUT2D eigenvalue weighted by molar-refractivity contribution is -0.127. The Morgan fingerprint density at radius 3 is 2.29 bits per heavy atom. The molecular formula is C12H21NO. The molecular weight excluding hydrogens is 174 g/mol. The van der Waals surface area contributed by atoms with Gasteiger partial charge in [0.2, 0.25) is 5.91 Å². The highest BCUT2D eigenvalue weighted by Crippen LogP contribution is 2.21. The Kier molecular flexibility index (Phi) is 4.71. The highest BCUT2D eigenvalue weighted by atomic mass is 16.2. The maximum absolute atomic E-state index is 11.6. The third-order valence-electron chi connectivity index (χ3n) is 3.03. The Balaban J connectivity index is 2.48. The zero-order valence-electron chi connectivity index (χ0n) is 9.33. The van der Waals surface area contributed by atoms with Crippen molar-refractivity contribution >= 4 is 5.91 Å². The smallest absolute Gasteiger partial charge is 0.246 e. The van der Waals surface area contributed by atoms with E-state index in [0.29, 0.717) is 6.04 Å². The van der Waals surface area contributed by atoms with Gasteiger partial charge in [-0.25, -0.2) is 0 Å². The molecule has 0 aromatic heterocycles. The summed E-state index contributed by atoms with van der Waals surface area (Å²) in [5.41, 5.74) is 0. The van der Waals surface area contributed by atoms with Crippen LogP contribution < -0.4 is 0 Å². The quantitative estimate of drug-likeness (QED) is 0.490. The van der Waals surface area contributed by atoms with Crippen molar-refractivity contribution in [1.82, 2.24) is 4.90 Å². The monoisotopic (exact) mass is 195 g/mol. The molecule has 0 saturated heterocycles. The van der Waals surface area contributed by atoms with Crippen molar-refractivity contribution in [3.05, 3.63) is 12.2 Å². The third kappa shape index (κ3) is 3.17. The summed E-state index contributed by atoms with van der Waals surface area (Å²) in [6.07, 6.45) is 11.1. The molecule has 1 aliphatic carbocycles. The molecule has 2 nitrogen and oxygen atoms in total. The van der Waals surface area contributed by atoms with Crippen LogP contribution in [0.2, 0.25) is 0 Å². The number of likely N-dealkylation sites (N-methyl/N-ethyl adjacent to an activating group) is 1. The van der Waals surface area contributed by atoms with Gasteiger partial charge >= 0.3 is 0 Å². The van der Waals surface area contributed by atoms with Crippen LogP contribution in [0.4, 0.5) is 0 Å². The number of allylic oxidation sites excluding steroid dienone is 1. The van der Waals surface area contributed by atoms with Crippen molar-refractivity contribution in [3.8, 4) is 0 Å². The number of carbonyl (C=O) groups excluding carboxylic acids is 1. The van der Waals surface area contributed by atoms with E-state index >= 15 is 0 Å². The van der Waals surface area contributed by atoms with Crippen LogP contribution in [0.5, 0.6) is 0 Å². The molecule has 1 fully saturated rings. The molecule has 80 valence electrons. The molecule has 1 saturated carbocycles. The van der Waals surface area contributed by atoms with E-state index in [-0.39, 0.29) is 5.91 Å². The van der Waals surface area contributed by atoms with E-state index in [1.807, 2.05) is 24.9 Å². The van der Waals surface area contributed by atoms with Gasteiger partial charge in [-0.2, -0.15) is 0 Å². The molecule has 0 heterocycles. The van der Waals surface area contributed by atoms with E-state index in [1.165, 1.54) is 38.5 Å². The van der Waals surface area contributed by atoms with Crippen LogP contribution in [0.15, 0.2) is 12.2 Å². The summed E-state index contributed by atoms with van der Waals surface area (Å²) in [5, 5.41) is 0. The molecule has 1 aliphatic rings. The Morgan fingerprint density at radius 1 is 1.21 bits per heavy atom. The van der Waals surface area contributed by atoms with E-state index in [1.54, 1.807) is 6.08 Å². The summed E-state index contributed by atoms with van der Waals surface area (Å²) in [5.74, 6) is 0.152. The Labute approximate surface area is 87.0 Å². The van der Waals surface area contributed by atoms with E-state index < -0.39 is 0 Å². The second kappa shape index (κ2) is 5.84. The molecule has 0 N–H and O–H groups in total. The fraction of sp³-hybridized carbons (Fsp3) is 0.750. The van der Waals surface area contributed by atoms with Gasteiger partial charge in [0, 0.05) is 13.1 Å². The van der Waals surface area contributed by atoms with Crippen molar-refractivity contribution in [1.29, 1.82) is 0 Å². The minimum atomic E-state index is 0.152. The highest BCUT2D eigenvalue weighted by molar-refractivity contribution is 5.87. The molecule has 0 aromatic rings. The average molecular weight is 195 g/mol. The van der Waals surface area contributed by atoms with Gasteiger partial charge in [-0.1, -0.05) is 31.8 Å². The first kappa shape index (κ1) is 11.3. The van der Waals surface area contributed by atoms with Crippen molar-refractivity contribution in [2.75, 3.05) is 7.05 Å². The molecule has 0 aliphatic heterocycles. The lowest BCUT2D eigenvalue weighted by atomic mass is 10.1. The van der Waals surface area contributed by atoms with Crippen LogP contribution in [0, 0.1) is 0 Å². The van der Waals surface area contributed by atoms with Gasteiger partial charge in [-0.3, -0.25) is 4.79 Å². The van der Waals surface area contributed by atoms with Gasteiger partial charge in [-0.15, -0.1) is 0 Å². The minimum Gasteiger partial charge on any atom is -0.339 e. The van der Waals surface area contributed by atoms with Crippen molar-refractivity contribution in [3.63, 3.8) is 0 Å². The summed E-state index contributed by atoms with van der Waals surface area (Å²) < 4.78 is 0. The molecule has 0 unspecified atom stereocenters. The summed E-state index contributed by atoms with van der Waals surface area (Å²) in [6, 6.07) is 0.473. The van der Waals surface area contributed by atoms with Crippen molar-refractivity contribution in [2.24, 2.45) is 0 Å². The van der Waals surface area contributed by atoms with E-state index in [9.17, 15) is 4.79 Å². The molecule has 1 amide bonds. The average Bonchev–Trinajstić information content (AvgIpc) is 2.45. The predicted octanol–water partition coefficient (Wildman–Crippen LogP) is 2.74. The zero-order chi connectivity index (χ0) is 10.4. The minimum absolute atomic E-state index is 0.152. The molecule has 0 bridgehead atoms. The number of nitrogens with zero attached hydrogens (tertiary/aromatic N) is 1. The molecule has 0 aromatic carbocycles. The number of rotatable bonds is 2. The Bertz CT molecular complexity index is 202. The highest BCUT2D eigenvalue weighted by Gasteiger charge is 2.19. The van der Waals surface area contributed by atoms with E-state index in [2.05, 4.69) is 0 Å². The lowest BCUT2D eigenvalue weighted by Gasteiger charge is -2.26. The van der Waals surface area contributed by atoms with Crippen LogP contribution in [0.3, 0.4) is 0 Å². The van der Waals surface area contributed by atoms with Crippen LogP contribution in [-0.4, -0.2) is 23.9 Å². The van der Waals surface area contributed by atoms with Crippen LogP contribution in [-0.2, 0) is 4.79 Å². The second-order valence-electron chi connectivity index (χ2n) is 4.09. The van der Waals surface area contributed by atoms with E-state index in [0.717, 1.165) is 0 Å². The SMILES string of the molecule is C/C=C/C(=O)N(C)C1CCCCCC1. The van der Waals surface area contributed by atoms with Gasteiger partial charge in [0.25, 0.3) is 0 Å². The molecule has 1 rings (SSSR count). The lowest BCUT2D eigenvalue weighted by Crippen LogP contribution is -2.35. The summed E-state index contributed by atoms with van der Waals surface area (Å²) in [7, 11) is 1.93. The fourth-order valence-electron chi connectivity index (χ4n) is 2.09. The topological polar surface area (TPSA) is 20.3 Å². The van der Waals surface area contributed by atoms with Crippen molar-refractivity contribution in [2.45, 2.75) is 51.5 Å². The first-order valence-electron chi connectivity index (χ1n) is 5.65. The second-order valence-corrected chi connectivity index (χ2v) is 4.09. The molecule has 0 spiro atoms. The summed E-state index contributed by atoms with van der Waals surface area (Å²) in [6.45, 7) is 1.89. The van der Waals surface area contributed by atoms with Crippen LogP contribution in [0.25, 0.3) is 0 Å². The van der Waals surface area contributed by atoms with Gasteiger partial charge in [0.15, 0.2) is 0 Å². The predicted molar refractivity (Wildman–Crippen MR) is 59.1 cm³/mol. The maximum atomic E-state index is 11.6. The fourth-order valence-corrected chi connectivity index (χ4v) is 2.09. The summed E-state index contributed by atoms with van der Waals surface area (Å²) in [4.78, 5) is 13.5.